The predicted octanol–water partition coefficient (Wildman–Crippen LogP) is 2.70. The summed E-state index contributed by atoms with van der Waals surface area (Å²) in [6, 6.07) is 1.71. The van der Waals surface area contributed by atoms with Gasteiger partial charge in [0.1, 0.15) is 10.7 Å². The molecule has 0 bridgehead atoms. The van der Waals surface area contributed by atoms with E-state index in [1.807, 2.05) is 20.8 Å². The lowest BCUT2D eigenvalue weighted by Gasteiger charge is -2.31. The second-order valence-corrected chi connectivity index (χ2v) is 6.59. The number of aliphatic hydroxyl groups excluding tert-OH is 1. The van der Waals surface area contributed by atoms with Crippen LogP contribution in [0.4, 0.5) is 8.78 Å². The smallest absolute Gasteiger partial charge is 0.244 e. The van der Waals surface area contributed by atoms with Crippen molar-refractivity contribution in [3.05, 3.63) is 29.3 Å². The molecule has 1 rings (SSSR count). The number of aliphatic hydroxyl groups is 1. The fourth-order valence-electron chi connectivity index (χ4n) is 2.24. The van der Waals surface area contributed by atoms with E-state index in [1.54, 1.807) is 0 Å². The molecule has 0 spiro atoms. The van der Waals surface area contributed by atoms with Crippen molar-refractivity contribution in [3.8, 4) is 0 Å². The number of rotatable bonds is 7. The van der Waals surface area contributed by atoms with Gasteiger partial charge in [-0.05, 0) is 31.4 Å². The summed E-state index contributed by atoms with van der Waals surface area (Å²) in [5.74, 6) is -2.22. The molecule has 0 aromatic heterocycles. The normalized spacial score (nSPS) is 12.7. The largest absolute Gasteiger partial charge is 0.391 e. The molecule has 0 aliphatic rings. The van der Waals surface area contributed by atoms with E-state index in [-0.39, 0.29) is 0 Å². The minimum absolute atomic E-state index is 0.550. The third-order valence-electron chi connectivity index (χ3n) is 3.98. The van der Waals surface area contributed by atoms with Crippen molar-refractivity contribution in [2.24, 2.45) is 0 Å². The van der Waals surface area contributed by atoms with Gasteiger partial charge in [-0.2, -0.15) is 0 Å². The lowest BCUT2D eigenvalue weighted by Crippen LogP contribution is -2.47. The number of benzene rings is 1. The van der Waals surface area contributed by atoms with Crippen LogP contribution in [0.2, 0.25) is 0 Å². The van der Waals surface area contributed by atoms with Crippen molar-refractivity contribution in [1.29, 1.82) is 0 Å². The molecule has 4 nitrogen and oxygen atoms in total. The van der Waals surface area contributed by atoms with E-state index in [9.17, 15) is 17.2 Å². The zero-order valence-corrected chi connectivity index (χ0v) is 13.2. The Labute approximate surface area is 124 Å². The van der Waals surface area contributed by atoms with Crippen LogP contribution in [0.5, 0.6) is 0 Å². The molecule has 2 N–H and O–H groups in total. The second-order valence-electron chi connectivity index (χ2n) is 4.94. The Morgan fingerprint density at radius 3 is 2.10 bits per heavy atom. The van der Waals surface area contributed by atoms with Crippen LogP contribution in [0.1, 0.15) is 45.6 Å². The molecule has 0 aliphatic heterocycles. The first kappa shape index (κ1) is 18.0. The van der Waals surface area contributed by atoms with E-state index in [0.29, 0.717) is 19.3 Å². The van der Waals surface area contributed by atoms with Crippen molar-refractivity contribution in [2.75, 3.05) is 0 Å². The van der Waals surface area contributed by atoms with Crippen LogP contribution in [0.25, 0.3) is 0 Å². The molecular weight excluding hydrogens is 300 g/mol. The van der Waals surface area contributed by atoms with E-state index in [2.05, 4.69) is 4.72 Å². The van der Waals surface area contributed by atoms with Gasteiger partial charge in [0.2, 0.25) is 10.0 Å². The van der Waals surface area contributed by atoms with Crippen molar-refractivity contribution in [3.63, 3.8) is 0 Å². The van der Waals surface area contributed by atoms with Gasteiger partial charge < -0.3 is 5.11 Å². The molecule has 120 valence electrons. The number of hydrogen-bond acceptors (Lipinski definition) is 3. The zero-order chi connectivity index (χ0) is 16.3. The van der Waals surface area contributed by atoms with Gasteiger partial charge in [0.25, 0.3) is 0 Å². The first-order chi connectivity index (χ1) is 9.76. The quantitative estimate of drug-likeness (QED) is 0.811. The molecule has 0 unspecified atom stereocenters. The van der Waals surface area contributed by atoms with E-state index in [4.69, 9.17) is 5.11 Å². The molecule has 0 saturated heterocycles. The third kappa shape index (κ3) is 3.59. The van der Waals surface area contributed by atoms with E-state index in [0.717, 1.165) is 12.1 Å². The summed E-state index contributed by atoms with van der Waals surface area (Å²) < 4.78 is 54.7. The molecule has 0 heterocycles. The van der Waals surface area contributed by atoms with Gasteiger partial charge in [0.15, 0.2) is 5.82 Å². The summed E-state index contributed by atoms with van der Waals surface area (Å²) in [5, 5.41) is 8.97. The maximum atomic E-state index is 14.1. The highest BCUT2D eigenvalue weighted by Crippen LogP contribution is 2.26. The molecule has 1 aromatic rings. The molecule has 7 heteroatoms. The molecule has 0 atom stereocenters. The summed E-state index contributed by atoms with van der Waals surface area (Å²) >= 11 is 0. The molecule has 21 heavy (non-hydrogen) atoms. The van der Waals surface area contributed by atoms with E-state index in [1.165, 1.54) is 0 Å². The molecule has 0 saturated carbocycles. The number of sulfonamides is 1. The molecule has 1 aromatic carbocycles. The highest BCUT2D eigenvalue weighted by molar-refractivity contribution is 7.89. The van der Waals surface area contributed by atoms with Gasteiger partial charge in [-0.25, -0.2) is 21.9 Å². The first-order valence-electron chi connectivity index (χ1n) is 6.88. The molecule has 0 fully saturated rings. The molecule has 0 radical (unpaired) electrons. The second kappa shape index (κ2) is 6.81. The summed E-state index contributed by atoms with van der Waals surface area (Å²) in [4.78, 5) is -0.646. The van der Waals surface area contributed by atoms with Crippen LogP contribution in [0, 0.1) is 11.6 Å². The summed E-state index contributed by atoms with van der Waals surface area (Å²) in [5.41, 5.74) is -1.31. The van der Waals surface area contributed by atoms with Crippen molar-refractivity contribution in [1.82, 2.24) is 4.72 Å². The standard InChI is InChI=1S/C14H21F2NO3S/c1-4-14(5-2,6-3)17-21(19,20)12-8-7-11(15)10(9-18)13(12)16/h7-8,17-18H,4-6,9H2,1-3H3. The number of halogens is 2. The predicted molar refractivity (Wildman–Crippen MR) is 76.2 cm³/mol. The van der Waals surface area contributed by atoms with Gasteiger partial charge in [-0.15, -0.1) is 0 Å². The van der Waals surface area contributed by atoms with Gasteiger partial charge >= 0.3 is 0 Å². The molecule has 0 aliphatic carbocycles. The summed E-state index contributed by atoms with van der Waals surface area (Å²) in [7, 11) is -4.14. The zero-order valence-electron chi connectivity index (χ0n) is 12.4. The Bertz CT molecular complexity index is 590. The maximum absolute atomic E-state index is 14.1. The van der Waals surface area contributed by atoms with Crippen LogP contribution in [-0.4, -0.2) is 19.1 Å². The SMILES string of the molecule is CCC(CC)(CC)NS(=O)(=O)c1ccc(F)c(CO)c1F. The highest BCUT2D eigenvalue weighted by atomic mass is 32.2. The fraction of sp³-hybridized carbons (Fsp3) is 0.571. The van der Waals surface area contributed by atoms with Gasteiger partial charge in [0, 0.05) is 5.54 Å². The number of hydrogen-bond donors (Lipinski definition) is 2. The average molecular weight is 321 g/mol. The third-order valence-corrected chi connectivity index (χ3v) is 5.58. The van der Waals surface area contributed by atoms with E-state index >= 15 is 0 Å². The van der Waals surface area contributed by atoms with E-state index < -0.39 is 44.3 Å². The van der Waals surface area contributed by atoms with Crippen molar-refractivity contribution in [2.45, 2.75) is 57.1 Å². The Morgan fingerprint density at radius 1 is 1.14 bits per heavy atom. The number of nitrogens with one attached hydrogen (secondary N) is 1. The van der Waals surface area contributed by atoms with Crippen LogP contribution >= 0.6 is 0 Å². The summed E-state index contributed by atoms with van der Waals surface area (Å²) in [6.07, 6.45) is 1.65. The van der Waals surface area contributed by atoms with Crippen molar-refractivity contribution < 1.29 is 22.3 Å². The molecular formula is C14H21F2NO3S. The lowest BCUT2D eigenvalue weighted by atomic mass is 9.91. The van der Waals surface area contributed by atoms with Gasteiger partial charge in [-0.3, -0.25) is 0 Å². The van der Waals surface area contributed by atoms with Gasteiger partial charge in [0.05, 0.1) is 12.2 Å². The Morgan fingerprint density at radius 2 is 1.67 bits per heavy atom. The molecule has 0 amide bonds. The van der Waals surface area contributed by atoms with Crippen LogP contribution in [-0.2, 0) is 16.6 Å². The van der Waals surface area contributed by atoms with Crippen LogP contribution < -0.4 is 4.72 Å². The first-order valence-corrected chi connectivity index (χ1v) is 8.37. The lowest BCUT2D eigenvalue weighted by molar-refractivity contribution is 0.267. The minimum Gasteiger partial charge on any atom is -0.391 e. The van der Waals surface area contributed by atoms with Crippen LogP contribution in [0.3, 0.4) is 0 Å². The Balaban J connectivity index is 3.32. The highest BCUT2D eigenvalue weighted by Gasteiger charge is 2.32. The van der Waals surface area contributed by atoms with Crippen LogP contribution in [0.15, 0.2) is 17.0 Å². The Hall–Kier alpha value is -1.05. The van der Waals surface area contributed by atoms with Crippen molar-refractivity contribution >= 4 is 10.0 Å². The average Bonchev–Trinajstić information content (AvgIpc) is 2.45. The summed E-state index contributed by atoms with van der Waals surface area (Å²) in [6.45, 7) is 4.63. The Kier molecular flexibility index (Phi) is 5.83. The maximum Gasteiger partial charge on any atom is 0.244 e. The topological polar surface area (TPSA) is 66.4 Å². The minimum atomic E-state index is -4.14. The fourth-order valence-corrected chi connectivity index (χ4v) is 3.95. The van der Waals surface area contributed by atoms with Gasteiger partial charge in [-0.1, -0.05) is 20.8 Å². The monoisotopic (exact) mass is 321 g/mol.